The first-order valence-electron chi connectivity index (χ1n) is 4.33. The highest BCUT2D eigenvalue weighted by Gasteiger charge is 2.28. The number of hydrogen-bond acceptors (Lipinski definition) is 3. The lowest BCUT2D eigenvalue weighted by Gasteiger charge is -2.15. The second kappa shape index (κ2) is 7.03. The molecule has 0 aliphatic heterocycles. The Hall–Kier alpha value is -0.330. The number of ether oxygens (including phenoxy) is 2. The van der Waals surface area contributed by atoms with Crippen molar-refractivity contribution >= 4 is 0 Å². The molecule has 0 aliphatic carbocycles. The van der Waals surface area contributed by atoms with Crippen molar-refractivity contribution in [2.24, 2.45) is 0 Å². The van der Waals surface area contributed by atoms with Crippen molar-refractivity contribution in [1.29, 1.82) is 0 Å². The van der Waals surface area contributed by atoms with Crippen molar-refractivity contribution in [2.45, 2.75) is 19.2 Å². The predicted molar refractivity (Wildman–Crippen MR) is 46.2 cm³/mol. The van der Waals surface area contributed by atoms with Gasteiger partial charge < -0.3 is 14.8 Å². The number of methoxy groups -OCH3 is 1. The molecule has 0 aliphatic rings. The maximum Gasteiger partial charge on any atom is 0.411 e. The van der Waals surface area contributed by atoms with Crippen LogP contribution in [0.15, 0.2) is 0 Å². The van der Waals surface area contributed by atoms with Crippen molar-refractivity contribution in [2.75, 3.05) is 33.4 Å². The molecule has 0 spiro atoms. The third-order valence-corrected chi connectivity index (χ3v) is 1.45. The van der Waals surface area contributed by atoms with Gasteiger partial charge in [-0.05, 0) is 6.92 Å². The van der Waals surface area contributed by atoms with Crippen molar-refractivity contribution < 1.29 is 22.6 Å². The average Bonchev–Trinajstić information content (AvgIpc) is 2.08. The minimum Gasteiger partial charge on any atom is -0.383 e. The molecular weight excluding hydrogens is 199 g/mol. The molecule has 0 rings (SSSR count). The Bertz CT molecular complexity index is 141. The van der Waals surface area contributed by atoms with Crippen LogP contribution < -0.4 is 5.32 Å². The van der Waals surface area contributed by atoms with Gasteiger partial charge in [0.05, 0.1) is 12.7 Å². The molecule has 3 nitrogen and oxygen atoms in total. The van der Waals surface area contributed by atoms with Crippen molar-refractivity contribution in [1.82, 2.24) is 5.32 Å². The van der Waals surface area contributed by atoms with Crippen LogP contribution in [0, 0.1) is 0 Å². The lowest BCUT2D eigenvalue weighted by molar-refractivity contribution is -0.183. The molecule has 0 saturated carbocycles. The summed E-state index contributed by atoms with van der Waals surface area (Å²) >= 11 is 0. The molecule has 0 amide bonds. The van der Waals surface area contributed by atoms with E-state index in [0.29, 0.717) is 19.7 Å². The Labute approximate surface area is 81.6 Å². The number of alkyl halides is 3. The van der Waals surface area contributed by atoms with Crippen LogP contribution in [0.2, 0.25) is 0 Å². The zero-order chi connectivity index (χ0) is 11.0. The van der Waals surface area contributed by atoms with E-state index in [-0.39, 0.29) is 0 Å². The molecule has 0 heterocycles. The maximum atomic E-state index is 11.7. The van der Waals surface area contributed by atoms with Gasteiger partial charge in [-0.1, -0.05) is 0 Å². The highest BCUT2D eigenvalue weighted by Crippen LogP contribution is 2.15. The van der Waals surface area contributed by atoms with Gasteiger partial charge in [-0.2, -0.15) is 13.2 Å². The van der Waals surface area contributed by atoms with E-state index in [0.717, 1.165) is 0 Å². The standard InChI is InChI=1S/C8H16F3NO2/c1-7(5-12-3-4-13-2)14-6-8(9,10)11/h7,12H,3-6H2,1-2H3. The second-order valence-electron chi connectivity index (χ2n) is 2.93. The van der Waals surface area contributed by atoms with E-state index >= 15 is 0 Å². The summed E-state index contributed by atoms with van der Waals surface area (Å²) < 4.78 is 44.4. The molecule has 1 unspecified atom stereocenters. The van der Waals surface area contributed by atoms with E-state index in [1.807, 2.05) is 0 Å². The number of hydrogen-bond donors (Lipinski definition) is 1. The molecule has 14 heavy (non-hydrogen) atoms. The van der Waals surface area contributed by atoms with Gasteiger partial charge in [-0.3, -0.25) is 0 Å². The number of halogens is 3. The molecule has 86 valence electrons. The average molecular weight is 215 g/mol. The van der Waals surface area contributed by atoms with Crippen LogP contribution in [-0.4, -0.2) is 45.7 Å². The minimum atomic E-state index is -4.25. The zero-order valence-corrected chi connectivity index (χ0v) is 8.36. The summed E-state index contributed by atoms with van der Waals surface area (Å²) in [4.78, 5) is 0. The fraction of sp³-hybridized carbons (Fsp3) is 1.00. The largest absolute Gasteiger partial charge is 0.411 e. The summed E-state index contributed by atoms with van der Waals surface area (Å²) in [5.74, 6) is 0. The van der Waals surface area contributed by atoms with Gasteiger partial charge in [0.2, 0.25) is 0 Å². The summed E-state index contributed by atoms with van der Waals surface area (Å²) in [7, 11) is 1.56. The van der Waals surface area contributed by atoms with Crippen LogP contribution in [0.1, 0.15) is 6.92 Å². The Kier molecular flexibility index (Phi) is 6.86. The van der Waals surface area contributed by atoms with Crippen molar-refractivity contribution in [3.63, 3.8) is 0 Å². The summed E-state index contributed by atoms with van der Waals surface area (Å²) in [5, 5.41) is 2.90. The van der Waals surface area contributed by atoms with Gasteiger partial charge in [0.15, 0.2) is 0 Å². The van der Waals surface area contributed by atoms with Gasteiger partial charge in [-0.25, -0.2) is 0 Å². The number of nitrogens with one attached hydrogen (secondary N) is 1. The Balaban J connectivity index is 3.32. The molecular formula is C8H16F3NO2. The fourth-order valence-electron chi connectivity index (χ4n) is 0.775. The molecule has 1 N–H and O–H groups in total. The van der Waals surface area contributed by atoms with E-state index < -0.39 is 18.9 Å². The van der Waals surface area contributed by atoms with Gasteiger partial charge in [0, 0.05) is 20.2 Å². The van der Waals surface area contributed by atoms with Crippen LogP contribution in [0.3, 0.4) is 0 Å². The van der Waals surface area contributed by atoms with Crippen LogP contribution >= 0.6 is 0 Å². The highest BCUT2D eigenvalue weighted by molar-refractivity contribution is 4.57. The molecule has 0 saturated heterocycles. The zero-order valence-electron chi connectivity index (χ0n) is 8.36. The van der Waals surface area contributed by atoms with Crippen LogP contribution in [0.5, 0.6) is 0 Å². The Morgan fingerprint density at radius 1 is 1.36 bits per heavy atom. The lowest BCUT2D eigenvalue weighted by atomic mass is 10.4. The van der Waals surface area contributed by atoms with Gasteiger partial charge in [0.25, 0.3) is 0 Å². The van der Waals surface area contributed by atoms with Gasteiger partial charge in [0.1, 0.15) is 6.61 Å². The first kappa shape index (κ1) is 13.7. The number of rotatable bonds is 7. The summed E-state index contributed by atoms with van der Waals surface area (Å²) in [6, 6.07) is 0. The van der Waals surface area contributed by atoms with E-state index in [2.05, 4.69) is 10.1 Å². The topological polar surface area (TPSA) is 30.5 Å². The van der Waals surface area contributed by atoms with E-state index in [1.165, 1.54) is 0 Å². The van der Waals surface area contributed by atoms with Gasteiger partial charge in [-0.15, -0.1) is 0 Å². The molecule has 6 heteroatoms. The molecule has 1 atom stereocenters. The first-order chi connectivity index (χ1) is 6.45. The Morgan fingerprint density at radius 3 is 2.50 bits per heavy atom. The predicted octanol–water partition coefficient (Wildman–Crippen LogP) is 1.19. The second-order valence-corrected chi connectivity index (χ2v) is 2.93. The lowest BCUT2D eigenvalue weighted by Crippen LogP contribution is -2.32. The van der Waals surface area contributed by atoms with Crippen LogP contribution in [0.25, 0.3) is 0 Å². The quantitative estimate of drug-likeness (QED) is 0.647. The third-order valence-electron chi connectivity index (χ3n) is 1.45. The highest BCUT2D eigenvalue weighted by atomic mass is 19.4. The molecule has 0 aromatic heterocycles. The monoisotopic (exact) mass is 215 g/mol. The normalized spacial score (nSPS) is 14.4. The summed E-state index contributed by atoms with van der Waals surface area (Å²) in [6.45, 7) is 1.92. The van der Waals surface area contributed by atoms with Crippen LogP contribution in [-0.2, 0) is 9.47 Å². The van der Waals surface area contributed by atoms with Gasteiger partial charge >= 0.3 is 6.18 Å². The summed E-state index contributed by atoms with van der Waals surface area (Å²) in [5.41, 5.74) is 0. The van der Waals surface area contributed by atoms with Crippen molar-refractivity contribution in [3.05, 3.63) is 0 Å². The van der Waals surface area contributed by atoms with E-state index in [9.17, 15) is 13.2 Å². The van der Waals surface area contributed by atoms with E-state index in [1.54, 1.807) is 14.0 Å². The van der Waals surface area contributed by atoms with Crippen LogP contribution in [0.4, 0.5) is 13.2 Å². The molecule has 0 radical (unpaired) electrons. The fourth-order valence-corrected chi connectivity index (χ4v) is 0.775. The molecule has 0 aromatic rings. The van der Waals surface area contributed by atoms with E-state index in [4.69, 9.17) is 4.74 Å². The SMILES string of the molecule is COCCNCC(C)OCC(F)(F)F. The third kappa shape index (κ3) is 9.76. The smallest absolute Gasteiger partial charge is 0.383 e. The molecule has 0 bridgehead atoms. The van der Waals surface area contributed by atoms with Crippen molar-refractivity contribution in [3.8, 4) is 0 Å². The molecule has 0 fully saturated rings. The summed E-state index contributed by atoms with van der Waals surface area (Å²) in [6.07, 6.45) is -4.70. The molecule has 0 aromatic carbocycles. The minimum absolute atomic E-state index is 0.388. The maximum absolute atomic E-state index is 11.7. The Morgan fingerprint density at radius 2 is 2.00 bits per heavy atom. The first-order valence-corrected chi connectivity index (χ1v) is 4.33.